The lowest BCUT2D eigenvalue weighted by Crippen LogP contribution is -1.60. The van der Waals surface area contributed by atoms with E-state index in [1.807, 2.05) is 0 Å². The summed E-state index contributed by atoms with van der Waals surface area (Å²) in [6.07, 6.45) is 5.90. The third-order valence-corrected chi connectivity index (χ3v) is 1.10. The summed E-state index contributed by atoms with van der Waals surface area (Å²) in [4.78, 5) is 0. The second-order valence-corrected chi connectivity index (χ2v) is 2.77. The van der Waals surface area contributed by atoms with Gasteiger partial charge in [-0.3, -0.25) is 0 Å². The van der Waals surface area contributed by atoms with Crippen molar-refractivity contribution < 1.29 is 0 Å². The van der Waals surface area contributed by atoms with Crippen molar-refractivity contribution in [1.82, 2.24) is 0 Å². The number of rotatable bonds is 4. The number of hydrogen-bond donors (Lipinski definition) is 0. The molecule has 0 aliphatic heterocycles. The summed E-state index contributed by atoms with van der Waals surface area (Å²) in [5, 5.41) is 0. The Balaban J connectivity index is -0.000000131. The van der Waals surface area contributed by atoms with Gasteiger partial charge >= 0.3 is 0 Å². The largest absolute Gasteiger partial charge is 0.343 e. The smallest absolute Gasteiger partial charge is 0.0826 e. The molecule has 82 valence electrons. The zero-order valence-electron chi connectivity index (χ0n) is 9.69. The molecule has 0 saturated heterocycles. The second kappa shape index (κ2) is 22.8. The first kappa shape index (κ1) is 19.0. The Morgan fingerprint density at radius 1 is 1.00 bits per heavy atom. The van der Waals surface area contributed by atoms with Gasteiger partial charge in [0.2, 0.25) is 0 Å². The summed E-state index contributed by atoms with van der Waals surface area (Å²) in [6, 6.07) is 0. The first-order chi connectivity index (χ1) is 6.60. The topological polar surface area (TPSA) is 0 Å². The molecule has 0 atom stereocenters. The lowest BCUT2D eigenvalue weighted by atomic mass is 10.3. The van der Waals surface area contributed by atoms with Gasteiger partial charge in [-0.1, -0.05) is 0 Å². The Bertz CT molecular complexity index is 78.0. The zero-order valence-corrected chi connectivity index (χ0v) is 9.69. The number of allylic oxidation sites excluding steroid dienone is 1. The van der Waals surface area contributed by atoms with E-state index in [1.165, 1.54) is 6.42 Å². The van der Waals surface area contributed by atoms with E-state index in [9.17, 15) is 0 Å². The van der Waals surface area contributed by atoms with Crippen LogP contribution in [-0.4, -0.2) is 0 Å². The molecule has 14 heavy (non-hydrogen) atoms. The second-order valence-electron chi connectivity index (χ2n) is 2.77. The molecule has 0 aromatic carbocycles. The molecule has 0 unspecified atom stereocenters. The first-order valence-corrected chi connectivity index (χ1v) is 5.06. The van der Waals surface area contributed by atoms with Crippen LogP contribution in [0.2, 0.25) is 0 Å². The van der Waals surface area contributed by atoms with Crippen molar-refractivity contribution in [1.29, 1.82) is 0 Å². The minimum atomic E-state index is 0.750. The van der Waals surface area contributed by atoms with Crippen molar-refractivity contribution in [3.63, 3.8) is 0 Å². The molecule has 0 aliphatic rings. The van der Waals surface area contributed by atoms with E-state index in [4.69, 9.17) is 0 Å². The predicted molar refractivity (Wildman–Crippen MR) is 69.0 cm³/mol. The van der Waals surface area contributed by atoms with Gasteiger partial charge in [0.15, 0.2) is 0 Å². The predicted octanol–water partition coefficient (Wildman–Crippen LogP) is 4.86. The van der Waals surface area contributed by atoms with Gasteiger partial charge in [0.05, 0.1) is 32.3 Å². The highest BCUT2D eigenvalue weighted by molar-refractivity contribution is 4.97. The molecular weight excluding hydrogens is 168 g/mol. The van der Waals surface area contributed by atoms with Crippen molar-refractivity contribution >= 4 is 0 Å². The van der Waals surface area contributed by atoms with Crippen LogP contribution in [-0.2, 0) is 0 Å². The van der Waals surface area contributed by atoms with Crippen molar-refractivity contribution in [3.8, 4) is 0 Å². The minimum absolute atomic E-state index is 0.750. The SMILES string of the molecule is C=C([CH2+])C[CH2-].[CH2+]CCC[CH2-].[CH2+]CC[CH2-]. The van der Waals surface area contributed by atoms with Crippen molar-refractivity contribution in [2.45, 2.75) is 38.5 Å². The average molecular weight is 194 g/mol. The van der Waals surface area contributed by atoms with E-state index in [2.05, 4.69) is 48.1 Å². The normalized spacial score (nSPS) is 7.64. The third-order valence-electron chi connectivity index (χ3n) is 1.10. The number of unbranched alkanes of at least 4 members (excludes halogenated alkanes) is 3. The average Bonchev–Trinajstić information content (AvgIpc) is 2.20. The van der Waals surface area contributed by atoms with Gasteiger partial charge in [-0.15, -0.1) is 12.8 Å². The maximum absolute atomic E-state index is 3.64. The lowest BCUT2D eigenvalue weighted by Gasteiger charge is -1.81. The van der Waals surface area contributed by atoms with Gasteiger partial charge in [0, 0.05) is 13.5 Å². The fourth-order valence-electron chi connectivity index (χ4n) is 0.177. The Kier molecular flexibility index (Phi) is 31.0. The van der Waals surface area contributed by atoms with Crippen LogP contribution in [0.3, 0.4) is 0 Å². The van der Waals surface area contributed by atoms with E-state index < -0.39 is 0 Å². The Morgan fingerprint density at radius 2 is 1.36 bits per heavy atom. The van der Waals surface area contributed by atoms with Crippen LogP contribution in [0.1, 0.15) is 38.5 Å². The lowest BCUT2D eigenvalue weighted by molar-refractivity contribution is 0.864. The van der Waals surface area contributed by atoms with Gasteiger partial charge in [0.1, 0.15) is 0 Å². The van der Waals surface area contributed by atoms with Crippen molar-refractivity contribution in [2.75, 3.05) is 0 Å². The Labute approximate surface area is 92.8 Å². The van der Waals surface area contributed by atoms with Crippen molar-refractivity contribution in [3.05, 3.63) is 53.7 Å². The van der Waals surface area contributed by atoms with Crippen LogP contribution in [0.15, 0.2) is 12.2 Å². The van der Waals surface area contributed by atoms with Gasteiger partial charge in [-0.2, -0.15) is 6.42 Å². The van der Waals surface area contributed by atoms with E-state index in [-0.39, 0.29) is 0 Å². The summed E-state index contributed by atoms with van der Waals surface area (Å²) in [5.41, 5.74) is 0.894. The Morgan fingerprint density at radius 3 is 1.36 bits per heavy atom. The van der Waals surface area contributed by atoms with E-state index in [0.29, 0.717) is 0 Å². The summed E-state index contributed by atoms with van der Waals surface area (Å²) in [5.74, 6) is 0. The molecule has 0 saturated carbocycles. The molecule has 0 aromatic heterocycles. The van der Waals surface area contributed by atoms with E-state index in [0.717, 1.165) is 37.7 Å². The van der Waals surface area contributed by atoms with Gasteiger partial charge < -0.3 is 20.8 Å². The molecular formula is C14H26. The molecule has 0 heteroatoms. The van der Waals surface area contributed by atoms with Crippen LogP contribution in [0, 0.1) is 41.5 Å². The fraction of sp³-hybridized carbons (Fsp3) is 0.429. The molecule has 0 bridgehead atoms. The quantitative estimate of drug-likeness (QED) is 0.561. The maximum atomic E-state index is 3.64. The van der Waals surface area contributed by atoms with Crippen LogP contribution in [0.5, 0.6) is 0 Å². The van der Waals surface area contributed by atoms with Gasteiger partial charge in [-0.05, 0) is 6.42 Å². The molecule has 0 aliphatic carbocycles. The molecule has 0 rings (SSSR count). The standard InChI is InChI=1S/C5H8.C5H10.C4H8/c1-4-5(2)3;1-3-5-4-2;1-3-4-2/h1-4H2;1-5H2;1-4H2. The summed E-state index contributed by atoms with van der Waals surface area (Å²) in [7, 11) is 0. The fourth-order valence-corrected chi connectivity index (χ4v) is 0.177. The molecule has 0 aromatic rings. The summed E-state index contributed by atoms with van der Waals surface area (Å²) >= 11 is 0. The van der Waals surface area contributed by atoms with E-state index in [1.54, 1.807) is 0 Å². The maximum Gasteiger partial charge on any atom is 0.0826 e. The molecule has 0 spiro atoms. The van der Waals surface area contributed by atoms with Crippen LogP contribution >= 0.6 is 0 Å². The Hall–Kier alpha value is -0.650. The summed E-state index contributed by atoms with van der Waals surface area (Å²) < 4.78 is 0. The molecule has 0 amide bonds. The van der Waals surface area contributed by atoms with Crippen LogP contribution in [0.4, 0.5) is 0 Å². The third kappa shape index (κ3) is 64.3. The molecule has 0 fully saturated rings. The minimum Gasteiger partial charge on any atom is -0.343 e. The summed E-state index contributed by atoms with van der Waals surface area (Å²) in [6.45, 7) is 24.9. The molecule has 0 N–H and O–H groups in total. The van der Waals surface area contributed by atoms with Crippen molar-refractivity contribution in [2.24, 2.45) is 0 Å². The van der Waals surface area contributed by atoms with Crippen LogP contribution in [0.25, 0.3) is 0 Å². The highest BCUT2D eigenvalue weighted by atomic mass is 13.7. The monoisotopic (exact) mass is 194 g/mol. The first-order valence-electron chi connectivity index (χ1n) is 5.06. The van der Waals surface area contributed by atoms with Gasteiger partial charge in [0.25, 0.3) is 0 Å². The zero-order chi connectivity index (χ0) is 11.8. The highest BCUT2D eigenvalue weighted by Gasteiger charge is 1.71. The number of hydrogen-bond acceptors (Lipinski definition) is 0. The molecule has 0 radical (unpaired) electrons. The van der Waals surface area contributed by atoms with E-state index >= 15 is 0 Å². The molecule has 0 nitrogen and oxygen atoms in total. The van der Waals surface area contributed by atoms with Crippen LogP contribution < -0.4 is 0 Å². The highest BCUT2D eigenvalue weighted by Crippen LogP contribution is 1.87. The van der Waals surface area contributed by atoms with Gasteiger partial charge in [-0.25, -0.2) is 0 Å². The molecule has 0 heterocycles.